The maximum absolute atomic E-state index is 12.3. The van der Waals surface area contributed by atoms with Gasteiger partial charge in [0.25, 0.3) is 0 Å². The van der Waals surface area contributed by atoms with Crippen molar-refractivity contribution in [2.75, 3.05) is 6.61 Å². The molecule has 0 aliphatic carbocycles. The van der Waals surface area contributed by atoms with Gasteiger partial charge in [-0.05, 0) is 36.1 Å². The van der Waals surface area contributed by atoms with Crippen LogP contribution in [0.5, 0.6) is 11.5 Å². The fourth-order valence-electron chi connectivity index (χ4n) is 2.77. The Morgan fingerprint density at radius 1 is 1.13 bits per heavy atom. The SMILES string of the molecule is O=C(CC(=O)c1cc2c(cc1O)CCCO2)Cc1ccccc1. The van der Waals surface area contributed by atoms with Crippen molar-refractivity contribution in [3.05, 3.63) is 59.2 Å². The number of aryl methyl sites for hydroxylation is 1. The van der Waals surface area contributed by atoms with E-state index in [1.807, 2.05) is 30.3 Å². The summed E-state index contributed by atoms with van der Waals surface area (Å²) in [6.45, 7) is 0.609. The van der Waals surface area contributed by atoms with E-state index in [0.717, 1.165) is 24.0 Å². The summed E-state index contributed by atoms with van der Waals surface area (Å²) < 4.78 is 5.52. The first-order valence-corrected chi connectivity index (χ1v) is 7.71. The third kappa shape index (κ3) is 3.59. The zero-order chi connectivity index (χ0) is 16.2. The Morgan fingerprint density at radius 2 is 1.91 bits per heavy atom. The number of fused-ring (bicyclic) bond motifs is 1. The molecule has 23 heavy (non-hydrogen) atoms. The van der Waals surface area contributed by atoms with Gasteiger partial charge >= 0.3 is 0 Å². The molecule has 118 valence electrons. The molecule has 0 amide bonds. The van der Waals surface area contributed by atoms with Crippen LogP contribution in [-0.4, -0.2) is 23.3 Å². The van der Waals surface area contributed by atoms with Gasteiger partial charge in [-0.25, -0.2) is 0 Å². The Bertz CT molecular complexity index is 735. The van der Waals surface area contributed by atoms with E-state index in [0.29, 0.717) is 12.4 Å². The minimum Gasteiger partial charge on any atom is -0.507 e. The quantitative estimate of drug-likeness (QED) is 0.681. The Labute approximate surface area is 134 Å². The maximum atomic E-state index is 12.3. The first kappa shape index (κ1) is 15.3. The van der Waals surface area contributed by atoms with Gasteiger partial charge in [0.2, 0.25) is 0 Å². The molecule has 1 N–H and O–H groups in total. The van der Waals surface area contributed by atoms with E-state index in [2.05, 4.69) is 0 Å². The highest BCUT2D eigenvalue weighted by atomic mass is 16.5. The molecule has 1 aliphatic heterocycles. The van der Waals surface area contributed by atoms with E-state index in [1.54, 1.807) is 12.1 Å². The van der Waals surface area contributed by atoms with Crippen molar-refractivity contribution in [1.82, 2.24) is 0 Å². The van der Waals surface area contributed by atoms with Crippen LogP contribution < -0.4 is 4.74 Å². The van der Waals surface area contributed by atoms with Gasteiger partial charge in [-0.3, -0.25) is 9.59 Å². The second-order valence-corrected chi connectivity index (χ2v) is 5.73. The zero-order valence-electron chi connectivity index (χ0n) is 12.7. The van der Waals surface area contributed by atoms with E-state index >= 15 is 0 Å². The number of carbonyl (C=O) groups excluding carboxylic acids is 2. The molecule has 0 radical (unpaired) electrons. The van der Waals surface area contributed by atoms with Crippen LogP contribution in [-0.2, 0) is 17.6 Å². The van der Waals surface area contributed by atoms with Crippen LogP contribution in [0.1, 0.15) is 34.3 Å². The zero-order valence-corrected chi connectivity index (χ0v) is 12.7. The molecule has 0 unspecified atom stereocenters. The molecule has 0 bridgehead atoms. The van der Waals surface area contributed by atoms with Crippen molar-refractivity contribution in [2.24, 2.45) is 0 Å². The Kier molecular flexibility index (Phi) is 4.42. The number of aromatic hydroxyl groups is 1. The summed E-state index contributed by atoms with van der Waals surface area (Å²) in [7, 11) is 0. The largest absolute Gasteiger partial charge is 0.507 e. The molecule has 0 aromatic heterocycles. The number of hydrogen-bond acceptors (Lipinski definition) is 4. The predicted octanol–water partition coefficient (Wildman–Crippen LogP) is 3.10. The predicted molar refractivity (Wildman–Crippen MR) is 86.0 cm³/mol. The summed E-state index contributed by atoms with van der Waals surface area (Å²) >= 11 is 0. The van der Waals surface area contributed by atoms with E-state index in [1.165, 1.54) is 0 Å². The lowest BCUT2D eigenvalue weighted by atomic mass is 9.97. The highest BCUT2D eigenvalue weighted by Crippen LogP contribution is 2.32. The van der Waals surface area contributed by atoms with Crippen LogP contribution in [0, 0.1) is 0 Å². The molecular weight excluding hydrogens is 292 g/mol. The van der Waals surface area contributed by atoms with Crippen molar-refractivity contribution in [3.63, 3.8) is 0 Å². The topological polar surface area (TPSA) is 63.6 Å². The number of ketones is 2. The number of phenols is 1. The smallest absolute Gasteiger partial charge is 0.174 e. The molecule has 0 saturated heterocycles. The minimum atomic E-state index is -0.375. The number of phenolic OH excluding ortho intramolecular Hbond substituents is 1. The standard InChI is InChI=1S/C19H18O4/c20-15(9-13-5-2-1-3-6-13)11-18(22)16-12-19-14(10-17(16)21)7-4-8-23-19/h1-3,5-6,10,12,21H,4,7-9,11H2. The van der Waals surface area contributed by atoms with Gasteiger partial charge < -0.3 is 9.84 Å². The molecule has 1 aliphatic rings. The summed E-state index contributed by atoms with van der Waals surface area (Å²) in [5.74, 6) is 0.0133. The van der Waals surface area contributed by atoms with Gasteiger partial charge in [-0.1, -0.05) is 30.3 Å². The lowest BCUT2D eigenvalue weighted by Gasteiger charge is -2.18. The maximum Gasteiger partial charge on any atom is 0.174 e. The van der Waals surface area contributed by atoms with Gasteiger partial charge in [-0.2, -0.15) is 0 Å². The molecule has 0 spiro atoms. The fourth-order valence-corrected chi connectivity index (χ4v) is 2.77. The summed E-state index contributed by atoms with van der Waals surface area (Å²) in [4.78, 5) is 24.4. The van der Waals surface area contributed by atoms with Crippen LogP contribution in [0.15, 0.2) is 42.5 Å². The van der Waals surface area contributed by atoms with E-state index in [-0.39, 0.29) is 35.7 Å². The summed E-state index contributed by atoms with van der Waals surface area (Å²) in [5.41, 5.74) is 1.94. The summed E-state index contributed by atoms with van der Waals surface area (Å²) in [6, 6.07) is 12.4. The molecule has 0 atom stereocenters. The molecule has 3 rings (SSSR count). The number of ether oxygens (including phenoxy) is 1. The summed E-state index contributed by atoms with van der Waals surface area (Å²) in [6.07, 6.45) is 1.72. The normalized spacial score (nSPS) is 13.0. The highest BCUT2D eigenvalue weighted by molar-refractivity contribution is 6.10. The molecule has 0 fully saturated rings. The van der Waals surface area contributed by atoms with Gasteiger partial charge in [-0.15, -0.1) is 0 Å². The lowest BCUT2D eigenvalue weighted by molar-refractivity contribution is -0.117. The third-order valence-corrected chi connectivity index (χ3v) is 3.93. The molecule has 1 heterocycles. The van der Waals surface area contributed by atoms with E-state index in [9.17, 15) is 14.7 Å². The number of carbonyl (C=O) groups is 2. The average Bonchev–Trinajstić information content (AvgIpc) is 2.55. The number of Topliss-reactive ketones (excluding diaryl/α,β-unsaturated/α-hetero) is 2. The Hall–Kier alpha value is -2.62. The van der Waals surface area contributed by atoms with E-state index < -0.39 is 0 Å². The van der Waals surface area contributed by atoms with E-state index in [4.69, 9.17) is 4.74 Å². The van der Waals surface area contributed by atoms with Gasteiger partial charge in [0.05, 0.1) is 18.6 Å². The molecule has 2 aromatic rings. The molecular formula is C19H18O4. The second kappa shape index (κ2) is 6.65. The first-order valence-electron chi connectivity index (χ1n) is 7.71. The van der Waals surface area contributed by atoms with Crippen LogP contribution >= 0.6 is 0 Å². The minimum absolute atomic E-state index is 0.0771. The summed E-state index contributed by atoms with van der Waals surface area (Å²) in [5, 5.41) is 10.1. The molecule has 4 nitrogen and oxygen atoms in total. The Morgan fingerprint density at radius 3 is 2.70 bits per heavy atom. The van der Waals surface area contributed by atoms with Crippen LogP contribution in [0.2, 0.25) is 0 Å². The van der Waals surface area contributed by atoms with Crippen molar-refractivity contribution in [2.45, 2.75) is 25.7 Å². The van der Waals surface area contributed by atoms with Crippen LogP contribution in [0.4, 0.5) is 0 Å². The number of hydrogen-bond donors (Lipinski definition) is 1. The van der Waals surface area contributed by atoms with Crippen LogP contribution in [0.3, 0.4) is 0 Å². The third-order valence-electron chi connectivity index (χ3n) is 3.93. The lowest BCUT2D eigenvalue weighted by Crippen LogP contribution is -2.13. The molecule has 4 heteroatoms. The van der Waals surface area contributed by atoms with Gasteiger partial charge in [0, 0.05) is 6.42 Å². The number of rotatable bonds is 5. The molecule has 2 aromatic carbocycles. The van der Waals surface area contributed by atoms with Crippen molar-refractivity contribution >= 4 is 11.6 Å². The highest BCUT2D eigenvalue weighted by Gasteiger charge is 2.20. The van der Waals surface area contributed by atoms with Crippen molar-refractivity contribution < 1.29 is 19.4 Å². The molecule has 0 saturated carbocycles. The second-order valence-electron chi connectivity index (χ2n) is 5.73. The fraction of sp³-hybridized carbons (Fsp3) is 0.263. The average molecular weight is 310 g/mol. The van der Waals surface area contributed by atoms with Gasteiger partial charge in [0.1, 0.15) is 17.3 Å². The number of benzene rings is 2. The van der Waals surface area contributed by atoms with Crippen LogP contribution in [0.25, 0.3) is 0 Å². The Balaban J connectivity index is 1.72. The van der Waals surface area contributed by atoms with Crippen molar-refractivity contribution in [1.29, 1.82) is 0 Å². The van der Waals surface area contributed by atoms with Gasteiger partial charge in [0.15, 0.2) is 5.78 Å². The first-order chi connectivity index (χ1) is 11.1. The monoisotopic (exact) mass is 310 g/mol. The van der Waals surface area contributed by atoms with Crippen molar-refractivity contribution in [3.8, 4) is 11.5 Å².